The summed E-state index contributed by atoms with van der Waals surface area (Å²) in [5.41, 5.74) is 23.2. The number of rotatable bonds is 8. The standard InChI is InChI=1S/C68H44N4/c1-5-15-51(16-6-1)67(52-17-7-2-8-18-52)59-41-47(45-33-37-69-38-34-45)25-29-55(59)57-31-27-49(43-61(57)67)65-66(72-64-24-14-13-23-63(64)71-65)50-28-32-58-56-30-26-48(46-35-39-70-40-36-46)42-60(56)68(62(58)44-50,53-19-9-3-10-20-53)54-21-11-4-12-22-54/h1-44H. The zero-order chi connectivity index (χ0) is 47.6. The number of pyridine rings is 2. The van der Waals surface area contributed by atoms with Crippen LogP contribution in [0.3, 0.4) is 0 Å². The largest absolute Gasteiger partial charge is 0.265 e. The van der Waals surface area contributed by atoms with Crippen molar-refractivity contribution in [2.75, 3.05) is 0 Å². The molecule has 9 aromatic carbocycles. The van der Waals surface area contributed by atoms with E-state index in [0.717, 1.165) is 55.8 Å². The maximum atomic E-state index is 5.60. The van der Waals surface area contributed by atoms with E-state index in [1.165, 1.54) is 66.8 Å². The fourth-order valence-corrected chi connectivity index (χ4v) is 12.1. The Labute approximate surface area is 418 Å². The minimum atomic E-state index is -0.643. The Hall–Kier alpha value is -9.38. The van der Waals surface area contributed by atoms with Crippen LogP contribution in [-0.2, 0) is 10.8 Å². The summed E-state index contributed by atoms with van der Waals surface area (Å²) in [4.78, 5) is 19.9. The van der Waals surface area contributed by atoms with E-state index in [4.69, 9.17) is 9.97 Å². The average molecular weight is 917 g/mol. The summed E-state index contributed by atoms with van der Waals surface area (Å²) in [6.07, 6.45) is 7.49. The third-order valence-electron chi connectivity index (χ3n) is 15.2. The molecule has 0 atom stereocenters. The smallest absolute Gasteiger partial charge is 0.0973 e. The Morgan fingerprint density at radius 2 is 0.514 bits per heavy atom. The summed E-state index contributed by atoms with van der Waals surface area (Å²) in [5.74, 6) is 0. The molecular weight excluding hydrogens is 873 g/mol. The van der Waals surface area contributed by atoms with Gasteiger partial charge in [-0.1, -0.05) is 182 Å². The van der Waals surface area contributed by atoms with Crippen LogP contribution in [0.2, 0.25) is 0 Å². The molecule has 12 aromatic rings. The Morgan fingerprint density at radius 1 is 0.236 bits per heavy atom. The summed E-state index contributed by atoms with van der Waals surface area (Å²) < 4.78 is 0. The van der Waals surface area contributed by atoms with Crippen LogP contribution < -0.4 is 0 Å². The minimum Gasteiger partial charge on any atom is -0.265 e. The van der Waals surface area contributed by atoms with Crippen molar-refractivity contribution in [2.24, 2.45) is 0 Å². The van der Waals surface area contributed by atoms with Gasteiger partial charge in [0.15, 0.2) is 0 Å². The molecule has 0 fully saturated rings. The molecule has 4 heteroatoms. The first kappa shape index (κ1) is 41.6. The first-order chi connectivity index (χ1) is 35.7. The lowest BCUT2D eigenvalue weighted by atomic mass is 9.67. The number of benzene rings is 9. The Bertz CT molecular complexity index is 3670. The fraction of sp³-hybridized carbons (Fsp3) is 0.0294. The highest BCUT2D eigenvalue weighted by atomic mass is 14.8. The van der Waals surface area contributed by atoms with Crippen molar-refractivity contribution in [1.29, 1.82) is 0 Å². The molecule has 0 saturated carbocycles. The Kier molecular flexibility index (Phi) is 9.62. The van der Waals surface area contributed by atoms with Crippen LogP contribution in [-0.4, -0.2) is 19.9 Å². The van der Waals surface area contributed by atoms with Gasteiger partial charge in [0.2, 0.25) is 0 Å². The van der Waals surface area contributed by atoms with Gasteiger partial charge in [0, 0.05) is 35.9 Å². The summed E-state index contributed by atoms with van der Waals surface area (Å²) >= 11 is 0. The molecule has 4 nitrogen and oxygen atoms in total. The van der Waals surface area contributed by atoms with Gasteiger partial charge in [0.05, 0.1) is 33.3 Å². The number of hydrogen-bond donors (Lipinski definition) is 0. The highest BCUT2D eigenvalue weighted by Gasteiger charge is 2.48. The molecule has 0 aliphatic heterocycles. The molecule has 336 valence electrons. The zero-order valence-electron chi connectivity index (χ0n) is 39.2. The first-order valence-corrected chi connectivity index (χ1v) is 24.6. The third-order valence-corrected chi connectivity index (χ3v) is 15.2. The molecule has 0 bridgehead atoms. The number of nitrogens with zero attached hydrogens (tertiary/aromatic N) is 4. The number of para-hydroxylation sites is 2. The van der Waals surface area contributed by atoms with Gasteiger partial charge in [-0.2, -0.15) is 0 Å². The van der Waals surface area contributed by atoms with Crippen molar-refractivity contribution >= 4 is 11.0 Å². The van der Waals surface area contributed by atoms with E-state index in [9.17, 15) is 0 Å². The first-order valence-electron chi connectivity index (χ1n) is 24.6. The number of aromatic nitrogens is 4. The Morgan fingerprint density at radius 3 is 0.833 bits per heavy atom. The lowest BCUT2D eigenvalue weighted by Crippen LogP contribution is -2.28. The summed E-state index contributed by atoms with van der Waals surface area (Å²) in [6.45, 7) is 0. The average Bonchev–Trinajstić information content (AvgIpc) is 3.93. The van der Waals surface area contributed by atoms with Crippen LogP contribution in [0.5, 0.6) is 0 Å². The molecule has 0 unspecified atom stereocenters. The molecule has 0 saturated heterocycles. The molecule has 72 heavy (non-hydrogen) atoms. The van der Waals surface area contributed by atoms with Gasteiger partial charge in [-0.25, -0.2) is 9.97 Å². The SMILES string of the molecule is c1ccc(C2(c3ccccc3)c3cc(-c4ccncc4)ccc3-c3ccc(-c4nc5ccccc5nc4-c4ccc5c(c4)C(c4ccccc4)(c4ccccc4)c4cc(-c6ccncc6)ccc4-5)cc32)cc1. The molecule has 3 aromatic heterocycles. The van der Waals surface area contributed by atoms with Crippen LogP contribution in [0.15, 0.2) is 267 Å². The zero-order valence-corrected chi connectivity index (χ0v) is 39.2. The van der Waals surface area contributed by atoms with E-state index in [1.54, 1.807) is 0 Å². The molecule has 2 aliphatic rings. The van der Waals surface area contributed by atoms with E-state index in [-0.39, 0.29) is 0 Å². The summed E-state index contributed by atoms with van der Waals surface area (Å²) in [6, 6.07) is 88.6. The monoisotopic (exact) mass is 916 g/mol. The predicted molar refractivity (Wildman–Crippen MR) is 291 cm³/mol. The van der Waals surface area contributed by atoms with Crippen LogP contribution in [0.1, 0.15) is 44.5 Å². The predicted octanol–water partition coefficient (Wildman–Crippen LogP) is 15.8. The molecule has 3 heterocycles. The van der Waals surface area contributed by atoms with Crippen LogP contribution in [0.25, 0.3) is 78.1 Å². The topological polar surface area (TPSA) is 51.6 Å². The van der Waals surface area contributed by atoms with E-state index >= 15 is 0 Å². The van der Waals surface area contributed by atoms with Crippen LogP contribution in [0, 0.1) is 0 Å². The Balaban J connectivity index is 1.02. The number of fused-ring (bicyclic) bond motifs is 7. The maximum Gasteiger partial charge on any atom is 0.0973 e. The van der Waals surface area contributed by atoms with Crippen LogP contribution in [0.4, 0.5) is 0 Å². The van der Waals surface area contributed by atoms with E-state index in [2.05, 4.69) is 253 Å². The maximum absolute atomic E-state index is 5.60. The van der Waals surface area contributed by atoms with Crippen molar-refractivity contribution in [3.05, 3.63) is 312 Å². The lowest BCUT2D eigenvalue weighted by Gasteiger charge is -2.34. The molecule has 0 N–H and O–H groups in total. The second-order valence-electron chi connectivity index (χ2n) is 18.9. The molecule has 14 rings (SSSR count). The van der Waals surface area contributed by atoms with E-state index in [0.29, 0.717) is 0 Å². The quantitative estimate of drug-likeness (QED) is 0.152. The summed E-state index contributed by atoms with van der Waals surface area (Å²) in [7, 11) is 0. The van der Waals surface area contributed by atoms with Crippen molar-refractivity contribution in [3.63, 3.8) is 0 Å². The van der Waals surface area contributed by atoms with Gasteiger partial charge in [-0.15, -0.1) is 0 Å². The third kappa shape index (κ3) is 6.25. The molecule has 0 radical (unpaired) electrons. The van der Waals surface area contributed by atoms with Crippen molar-refractivity contribution in [2.45, 2.75) is 10.8 Å². The van der Waals surface area contributed by atoms with E-state index in [1.807, 2.05) is 24.8 Å². The lowest BCUT2D eigenvalue weighted by molar-refractivity contribution is 0.769. The second-order valence-corrected chi connectivity index (χ2v) is 18.9. The minimum absolute atomic E-state index is 0.643. The molecule has 2 aliphatic carbocycles. The molecular formula is C68H44N4. The van der Waals surface area contributed by atoms with Gasteiger partial charge >= 0.3 is 0 Å². The highest BCUT2D eigenvalue weighted by Crippen LogP contribution is 2.59. The normalized spacial score (nSPS) is 13.5. The van der Waals surface area contributed by atoms with Gasteiger partial charge in [0.25, 0.3) is 0 Å². The second kappa shape index (κ2) is 16.6. The molecule has 0 spiro atoms. The fourth-order valence-electron chi connectivity index (χ4n) is 12.1. The van der Waals surface area contributed by atoms with Crippen molar-refractivity contribution < 1.29 is 0 Å². The van der Waals surface area contributed by atoms with Gasteiger partial charge in [0.1, 0.15) is 0 Å². The van der Waals surface area contributed by atoms with Crippen molar-refractivity contribution in [1.82, 2.24) is 19.9 Å². The van der Waals surface area contributed by atoms with Gasteiger partial charge in [-0.3, -0.25) is 9.97 Å². The van der Waals surface area contributed by atoms with Gasteiger partial charge in [-0.05, 0) is 150 Å². The highest BCUT2D eigenvalue weighted by molar-refractivity contribution is 5.95. The van der Waals surface area contributed by atoms with E-state index < -0.39 is 10.8 Å². The summed E-state index contributed by atoms with van der Waals surface area (Å²) in [5, 5.41) is 0. The van der Waals surface area contributed by atoms with Crippen LogP contribution >= 0.6 is 0 Å². The van der Waals surface area contributed by atoms with Crippen molar-refractivity contribution in [3.8, 4) is 67.0 Å². The van der Waals surface area contributed by atoms with Gasteiger partial charge < -0.3 is 0 Å². The number of hydrogen-bond acceptors (Lipinski definition) is 4. The molecule has 0 amide bonds.